The highest BCUT2D eigenvalue weighted by Gasteiger charge is 2.14. The lowest BCUT2D eigenvalue weighted by Crippen LogP contribution is -2.18. The Bertz CT molecular complexity index is 1040. The van der Waals surface area contributed by atoms with Crippen molar-refractivity contribution in [3.05, 3.63) is 76.0 Å². The molecule has 0 saturated carbocycles. The van der Waals surface area contributed by atoms with Gasteiger partial charge < -0.3 is 0 Å². The van der Waals surface area contributed by atoms with Crippen LogP contribution in [0, 0.1) is 13.8 Å². The molecular formula is C18H17BrN4O2S. The predicted octanol–water partition coefficient (Wildman–Crippen LogP) is 3.56. The Labute approximate surface area is 160 Å². The van der Waals surface area contributed by atoms with Crippen LogP contribution in [-0.2, 0) is 10.0 Å². The zero-order valence-electron chi connectivity index (χ0n) is 14.2. The van der Waals surface area contributed by atoms with E-state index in [4.69, 9.17) is 0 Å². The van der Waals surface area contributed by atoms with Crippen molar-refractivity contribution in [3.63, 3.8) is 0 Å². The van der Waals surface area contributed by atoms with Gasteiger partial charge in [0.1, 0.15) is 0 Å². The van der Waals surface area contributed by atoms with Crippen molar-refractivity contribution in [3.8, 4) is 5.69 Å². The van der Waals surface area contributed by atoms with Gasteiger partial charge in [-0.05, 0) is 50.2 Å². The van der Waals surface area contributed by atoms with Crippen molar-refractivity contribution < 1.29 is 8.42 Å². The second kappa shape index (κ2) is 7.43. The van der Waals surface area contributed by atoms with Crippen molar-refractivity contribution in [1.82, 2.24) is 14.6 Å². The number of hydrogen-bond acceptors (Lipinski definition) is 4. The topological polar surface area (TPSA) is 76.3 Å². The Hall–Kier alpha value is -2.45. The fourth-order valence-corrected chi connectivity index (χ4v) is 3.54. The molecule has 1 N–H and O–H groups in total. The summed E-state index contributed by atoms with van der Waals surface area (Å²) in [4.78, 5) is 2.38. The molecule has 0 atom stereocenters. The first kappa shape index (κ1) is 18.3. The monoisotopic (exact) mass is 432 g/mol. The molecule has 0 aliphatic heterocycles. The van der Waals surface area contributed by atoms with Crippen molar-refractivity contribution in [2.24, 2.45) is 5.10 Å². The molecule has 1 heterocycles. The maximum absolute atomic E-state index is 12.3. The summed E-state index contributed by atoms with van der Waals surface area (Å²) in [6, 6.07) is 16.1. The first-order chi connectivity index (χ1) is 12.4. The normalized spacial score (nSPS) is 11.8. The molecule has 134 valence electrons. The third-order valence-electron chi connectivity index (χ3n) is 3.84. The maximum Gasteiger partial charge on any atom is 0.276 e. The molecule has 0 radical (unpaired) electrons. The summed E-state index contributed by atoms with van der Waals surface area (Å²) in [5, 5.41) is 8.42. The first-order valence-corrected chi connectivity index (χ1v) is 10.1. The van der Waals surface area contributed by atoms with Crippen molar-refractivity contribution >= 4 is 32.2 Å². The number of nitrogens with one attached hydrogen (secondary N) is 1. The van der Waals surface area contributed by atoms with Gasteiger partial charge in [0.15, 0.2) is 0 Å². The SMILES string of the molecule is Cc1nn(-c2ccccc2)c(C)c1C=NNS(=O)(=O)c1ccc(Br)cc1. The van der Waals surface area contributed by atoms with Gasteiger partial charge in [0.05, 0.1) is 28.2 Å². The number of halogens is 1. The molecule has 0 aliphatic rings. The van der Waals surface area contributed by atoms with Crippen LogP contribution in [0.3, 0.4) is 0 Å². The third-order valence-corrected chi connectivity index (χ3v) is 5.61. The van der Waals surface area contributed by atoms with Crippen molar-refractivity contribution in [1.29, 1.82) is 0 Å². The lowest BCUT2D eigenvalue weighted by atomic mass is 10.2. The van der Waals surface area contributed by atoms with Crippen molar-refractivity contribution in [2.75, 3.05) is 0 Å². The number of aromatic nitrogens is 2. The largest absolute Gasteiger partial charge is 0.276 e. The number of benzene rings is 2. The Balaban J connectivity index is 1.83. The van der Waals surface area contributed by atoms with Gasteiger partial charge in [-0.2, -0.15) is 18.6 Å². The van der Waals surface area contributed by atoms with Crippen LogP contribution in [0.25, 0.3) is 5.69 Å². The molecule has 3 aromatic rings. The van der Waals surface area contributed by atoms with Gasteiger partial charge in [-0.1, -0.05) is 34.1 Å². The summed E-state index contributed by atoms with van der Waals surface area (Å²) in [5.74, 6) is 0. The van der Waals surface area contributed by atoms with Gasteiger partial charge in [0.25, 0.3) is 10.0 Å². The molecule has 1 aromatic heterocycles. The number of rotatable bonds is 5. The van der Waals surface area contributed by atoms with E-state index in [1.807, 2.05) is 44.2 Å². The zero-order valence-corrected chi connectivity index (χ0v) is 16.6. The second-order valence-electron chi connectivity index (χ2n) is 5.64. The Morgan fingerprint density at radius 2 is 1.73 bits per heavy atom. The van der Waals surface area contributed by atoms with Gasteiger partial charge in [-0.3, -0.25) is 0 Å². The standard InChI is InChI=1S/C18H17BrN4O2S/c1-13-18(14(2)23(21-13)16-6-4-3-5-7-16)12-20-22-26(24,25)17-10-8-15(19)9-11-17/h3-12,22H,1-2H3. The van der Waals surface area contributed by atoms with Crippen LogP contribution in [0.1, 0.15) is 17.0 Å². The second-order valence-corrected chi connectivity index (χ2v) is 8.22. The number of nitrogens with zero attached hydrogens (tertiary/aromatic N) is 3. The van der Waals surface area contributed by atoms with Gasteiger partial charge in [-0.15, -0.1) is 0 Å². The average molecular weight is 433 g/mol. The Morgan fingerprint density at radius 3 is 2.38 bits per heavy atom. The van der Waals surface area contributed by atoms with Crippen LogP contribution >= 0.6 is 15.9 Å². The highest BCUT2D eigenvalue weighted by Crippen LogP contribution is 2.17. The fraction of sp³-hybridized carbons (Fsp3) is 0.111. The first-order valence-electron chi connectivity index (χ1n) is 7.80. The number of aryl methyl sites for hydroxylation is 1. The number of sulfonamides is 1. The maximum atomic E-state index is 12.3. The van der Waals surface area contributed by atoms with Crippen LogP contribution in [0.15, 0.2) is 69.1 Å². The van der Waals surface area contributed by atoms with E-state index < -0.39 is 10.0 Å². The number of hydrazone groups is 1. The van der Waals surface area contributed by atoms with Gasteiger partial charge in [0, 0.05) is 10.0 Å². The number of hydrogen-bond donors (Lipinski definition) is 1. The molecule has 6 nitrogen and oxygen atoms in total. The van der Waals surface area contributed by atoms with Crippen molar-refractivity contribution in [2.45, 2.75) is 18.7 Å². The molecule has 26 heavy (non-hydrogen) atoms. The summed E-state index contributed by atoms with van der Waals surface area (Å²) < 4.78 is 27.1. The van der Waals surface area contributed by atoms with E-state index in [1.54, 1.807) is 16.8 Å². The lowest BCUT2D eigenvalue weighted by Gasteiger charge is -2.04. The number of para-hydroxylation sites is 1. The van der Waals surface area contributed by atoms with E-state index >= 15 is 0 Å². The quantitative estimate of drug-likeness (QED) is 0.494. The predicted molar refractivity (Wildman–Crippen MR) is 105 cm³/mol. The molecule has 0 amide bonds. The average Bonchev–Trinajstić information content (AvgIpc) is 2.91. The minimum absolute atomic E-state index is 0.145. The van der Waals surface area contributed by atoms with E-state index in [9.17, 15) is 8.42 Å². The molecule has 0 saturated heterocycles. The third kappa shape index (κ3) is 3.86. The molecule has 8 heteroatoms. The van der Waals surface area contributed by atoms with Gasteiger partial charge >= 0.3 is 0 Å². The van der Waals surface area contributed by atoms with E-state index in [1.165, 1.54) is 18.3 Å². The molecule has 3 rings (SSSR count). The summed E-state index contributed by atoms with van der Waals surface area (Å²) >= 11 is 3.28. The van der Waals surface area contributed by atoms with E-state index in [2.05, 4.69) is 31.0 Å². The summed E-state index contributed by atoms with van der Waals surface area (Å²) in [6.07, 6.45) is 1.48. The summed E-state index contributed by atoms with van der Waals surface area (Å²) in [6.45, 7) is 3.77. The van der Waals surface area contributed by atoms with Crippen LogP contribution < -0.4 is 4.83 Å². The van der Waals surface area contributed by atoms with Crippen LogP contribution in [0.4, 0.5) is 0 Å². The highest BCUT2D eigenvalue weighted by atomic mass is 79.9. The summed E-state index contributed by atoms with van der Waals surface area (Å²) in [5.41, 5.74) is 3.34. The van der Waals surface area contributed by atoms with Crippen LogP contribution in [0.5, 0.6) is 0 Å². The molecule has 0 bridgehead atoms. The Morgan fingerprint density at radius 1 is 1.08 bits per heavy atom. The molecule has 2 aromatic carbocycles. The minimum Gasteiger partial charge on any atom is -0.237 e. The Kier molecular flexibility index (Phi) is 5.24. The molecule has 0 unspecified atom stereocenters. The summed E-state index contributed by atoms with van der Waals surface area (Å²) in [7, 11) is -3.71. The smallest absolute Gasteiger partial charge is 0.237 e. The lowest BCUT2D eigenvalue weighted by molar-refractivity contribution is 0.584. The van der Waals surface area contributed by atoms with E-state index in [0.29, 0.717) is 0 Å². The minimum atomic E-state index is -3.71. The van der Waals surface area contributed by atoms with Gasteiger partial charge in [0.2, 0.25) is 0 Å². The zero-order chi connectivity index (χ0) is 18.7. The van der Waals surface area contributed by atoms with Gasteiger partial charge in [-0.25, -0.2) is 9.51 Å². The van der Waals surface area contributed by atoms with Crippen LogP contribution in [-0.4, -0.2) is 24.4 Å². The molecule has 0 aliphatic carbocycles. The van der Waals surface area contributed by atoms with E-state index in [-0.39, 0.29) is 4.90 Å². The fourth-order valence-electron chi connectivity index (χ4n) is 2.49. The van der Waals surface area contributed by atoms with Crippen LogP contribution in [0.2, 0.25) is 0 Å². The molecule has 0 fully saturated rings. The molecule has 0 spiro atoms. The van der Waals surface area contributed by atoms with E-state index in [0.717, 1.165) is 27.1 Å². The highest BCUT2D eigenvalue weighted by molar-refractivity contribution is 9.10. The molecular weight excluding hydrogens is 416 g/mol.